The van der Waals surface area contributed by atoms with Gasteiger partial charge in [0.25, 0.3) is 11.1 Å². The van der Waals surface area contributed by atoms with E-state index < -0.39 is 11.1 Å². The number of carbonyl (C=O) groups excluding carboxylic acids is 2. The molecule has 0 aliphatic carbocycles. The summed E-state index contributed by atoms with van der Waals surface area (Å²) < 4.78 is 24.3. The average Bonchev–Trinajstić information content (AvgIpc) is 3.05. The van der Waals surface area contributed by atoms with Crippen LogP contribution in [0.3, 0.4) is 0 Å². The fourth-order valence-corrected chi connectivity index (χ4v) is 4.67. The van der Waals surface area contributed by atoms with Crippen LogP contribution in [0.1, 0.15) is 11.1 Å². The molecule has 0 saturated carbocycles. The number of thioether (sulfide) groups is 1. The van der Waals surface area contributed by atoms with Crippen LogP contribution in [-0.4, -0.2) is 18.3 Å². The molecule has 0 radical (unpaired) electrons. The van der Waals surface area contributed by atoms with Gasteiger partial charge in [-0.25, -0.2) is 9.29 Å². The van der Waals surface area contributed by atoms with Crippen molar-refractivity contribution < 1.29 is 23.5 Å². The van der Waals surface area contributed by atoms with Gasteiger partial charge in [-0.2, -0.15) is 0 Å². The Bertz CT molecular complexity index is 1260. The highest BCUT2D eigenvalue weighted by atomic mass is 35.5. The molecule has 4 rings (SSSR count). The summed E-state index contributed by atoms with van der Waals surface area (Å²) in [4.78, 5) is 26.8. The second-order valence-corrected chi connectivity index (χ2v) is 8.73. The third-order valence-corrected chi connectivity index (χ3v) is 6.14. The number of amides is 2. The van der Waals surface area contributed by atoms with Crippen molar-refractivity contribution in [1.29, 1.82) is 0 Å². The number of benzene rings is 3. The Hall–Kier alpha value is -3.00. The van der Waals surface area contributed by atoms with Crippen LogP contribution in [0, 0.1) is 5.82 Å². The lowest BCUT2D eigenvalue weighted by Gasteiger charge is -2.15. The first-order valence-electron chi connectivity index (χ1n) is 9.64. The van der Waals surface area contributed by atoms with Gasteiger partial charge < -0.3 is 9.47 Å². The molecule has 9 heteroatoms. The first-order chi connectivity index (χ1) is 15.9. The molecule has 0 unspecified atom stereocenters. The van der Waals surface area contributed by atoms with E-state index in [4.69, 9.17) is 32.7 Å². The molecule has 0 spiro atoms. The standard InChI is InChI=1S/C24H16Cl2FNO4S/c1-31-20-8-3-2-7-19(20)28-23(29)21(33-24(28)30)12-15-10-17(25)22(18(26)11-15)32-13-14-5-4-6-16(27)9-14/h2-12H,13H2,1H3/b21-12-. The molecule has 168 valence electrons. The van der Waals surface area contributed by atoms with Crippen LogP contribution in [0.15, 0.2) is 65.6 Å². The van der Waals surface area contributed by atoms with Crippen molar-refractivity contribution in [3.8, 4) is 11.5 Å². The van der Waals surface area contributed by atoms with Crippen LogP contribution in [-0.2, 0) is 11.4 Å². The molecule has 0 atom stereocenters. The zero-order valence-electron chi connectivity index (χ0n) is 17.2. The molecule has 3 aromatic rings. The van der Waals surface area contributed by atoms with Gasteiger partial charge in [-0.05, 0) is 65.4 Å². The molecule has 1 aliphatic heterocycles. The number of halogens is 3. The van der Waals surface area contributed by atoms with Crippen LogP contribution in [0.25, 0.3) is 6.08 Å². The molecule has 1 fully saturated rings. The zero-order valence-corrected chi connectivity index (χ0v) is 19.5. The highest BCUT2D eigenvalue weighted by Crippen LogP contribution is 2.41. The maximum absolute atomic E-state index is 13.4. The minimum atomic E-state index is -0.479. The number of rotatable bonds is 6. The van der Waals surface area contributed by atoms with E-state index in [0.717, 1.165) is 16.7 Å². The molecule has 1 aliphatic rings. The van der Waals surface area contributed by atoms with Crippen molar-refractivity contribution >= 4 is 57.9 Å². The third-order valence-electron chi connectivity index (χ3n) is 4.71. The summed E-state index contributed by atoms with van der Waals surface area (Å²) in [6.45, 7) is 0.0777. The third kappa shape index (κ3) is 5.00. The van der Waals surface area contributed by atoms with E-state index in [0.29, 0.717) is 22.6 Å². The molecule has 1 heterocycles. The average molecular weight is 504 g/mol. The van der Waals surface area contributed by atoms with Crippen LogP contribution in [0.4, 0.5) is 14.9 Å². The lowest BCUT2D eigenvalue weighted by Crippen LogP contribution is -2.28. The van der Waals surface area contributed by atoms with Crippen LogP contribution >= 0.6 is 35.0 Å². The lowest BCUT2D eigenvalue weighted by atomic mass is 10.2. The van der Waals surface area contributed by atoms with Crippen LogP contribution in [0.2, 0.25) is 10.0 Å². The molecule has 0 bridgehead atoms. The fourth-order valence-electron chi connectivity index (χ4n) is 3.22. The minimum Gasteiger partial charge on any atom is -0.495 e. The first-order valence-corrected chi connectivity index (χ1v) is 11.2. The van der Waals surface area contributed by atoms with E-state index in [-0.39, 0.29) is 33.1 Å². The van der Waals surface area contributed by atoms with E-state index >= 15 is 0 Å². The lowest BCUT2D eigenvalue weighted by molar-refractivity contribution is -0.113. The summed E-state index contributed by atoms with van der Waals surface area (Å²) in [5, 5.41) is -0.00814. The van der Waals surface area contributed by atoms with Crippen molar-refractivity contribution in [3.05, 3.63) is 92.6 Å². The Morgan fingerprint density at radius 1 is 1.03 bits per heavy atom. The van der Waals surface area contributed by atoms with E-state index in [1.807, 2.05) is 0 Å². The van der Waals surface area contributed by atoms with E-state index in [2.05, 4.69) is 0 Å². The van der Waals surface area contributed by atoms with Gasteiger partial charge in [-0.1, -0.05) is 47.5 Å². The Morgan fingerprint density at radius 2 is 1.76 bits per heavy atom. The number of nitrogens with zero attached hydrogens (tertiary/aromatic N) is 1. The van der Waals surface area contributed by atoms with Gasteiger partial charge in [0.1, 0.15) is 18.2 Å². The zero-order chi connectivity index (χ0) is 23.5. The summed E-state index contributed by atoms with van der Waals surface area (Å²) in [5.41, 5.74) is 1.51. The van der Waals surface area contributed by atoms with Gasteiger partial charge in [0.05, 0.1) is 27.7 Å². The normalized spacial score (nSPS) is 14.8. The van der Waals surface area contributed by atoms with E-state index in [1.165, 1.54) is 25.3 Å². The first kappa shape index (κ1) is 23.2. The summed E-state index contributed by atoms with van der Waals surface area (Å²) in [6.07, 6.45) is 1.54. The van der Waals surface area contributed by atoms with Gasteiger partial charge in [-0.15, -0.1) is 0 Å². The van der Waals surface area contributed by atoms with Gasteiger partial charge in [-0.3, -0.25) is 9.59 Å². The van der Waals surface area contributed by atoms with Crippen LogP contribution in [0.5, 0.6) is 11.5 Å². The Kier molecular flexibility index (Phi) is 6.93. The number of imide groups is 1. The highest BCUT2D eigenvalue weighted by Gasteiger charge is 2.37. The second-order valence-electron chi connectivity index (χ2n) is 6.92. The molecular weight excluding hydrogens is 488 g/mol. The van der Waals surface area contributed by atoms with Crippen molar-refractivity contribution in [2.45, 2.75) is 6.61 Å². The Labute approximate surface area is 203 Å². The molecule has 3 aromatic carbocycles. The van der Waals surface area contributed by atoms with Gasteiger partial charge in [0.15, 0.2) is 5.75 Å². The molecule has 0 N–H and O–H groups in total. The fraction of sp³-hybridized carbons (Fsp3) is 0.0833. The number of carbonyl (C=O) groups is 2. The highest BCUT2D eigenvalue weighted by molar-refractivity contribution is 8.19. The van der Waals surface area contributed by atoms with Gasteiger partial charge in [0, 0.05) is 0 Å². The monoisotopic (exact) mass is 503 g/mol. The van der Waals surface area contributed by atoms with Crippen molar-refractivity contribution in [2.24, 2.45) is 0 Å². The maximum Gasteiger partial charge on any atom is 0.298 e. The van der Waals surface area contributed by atoms with Crippen molar-refractivity contribution in [1.82, 2.24) is 0 Å². The molecule has 33 heavy (non-hydrogen) atoms. The minimum absolute atomic E-state index is 0.0777. The quantitative estimate of drug-likeness (QED) is 0.340. The molecule has 2 amide bonds. The predicted octanol–water partition coefficient (Wildman–Crippen LogP) is 6.96. The predicted molar refractivity (Wildman–Crippen MR) is 129 cm³/mol. The topological polar surface area (TPSA) is 55.8 Å². The van der Waals surface area contributed by atoms with Crippen LogP contribution < -0.4 is 14.4 Å². The molecule has 0 aromatic heterocycles. The number of ether oxygens (including phenoxy) is 2. The smallest absolute Gasteiger partial charge is 0.298 e. The largest absolute Gasteiger partial charge is 0.495 e. The van der Waals surface area contributed by atoms with Gasteiger partial charge >= 0.3 is 0 Å². The number of para-hydroxylation sites is 2. The van der Waals surface area contributed by atoms with E-state index in [9.17, 15) is 14.0 Å². The van der Waals surface area contributed by atoms with Gasteiger partial charge in [0.2, 0.25) is 0 Å². The van der Waals surface area contributed by atoms with Crippen molar-refractivity contribution in [3.63, 3.8) is 0 Å². The Balaban J connectivity index is 1.56. The summed E-state index contributed by atoms with van der Waals surface area (Å²) >= 11 is 13.5. The second kappa shape index (κ2) is 9.87. The number of hydrogen-bond acceptors (Lipinski definition) is 5. The number of methoxy groups -OCH3 is 1. The maximum atomic E-state index is 13.4. The van der Waals surface area contributed by atoms with E-state index in [1.54, 1.807) is 48.5 Å². The molecular formula is C24H16Cl2FNO4S. The summed E-state index contributed by atoms with van der Waals surface area (Å²) in [6, 6.07) is 15.9. The van der Waals surface area contributed by atoms with Crippen molar-refractivity contribution in [2.75, 3.05) is 12.0 Å². The number of anilines is 1. The molecule has 1 saturated heterocycles. The SMILES string of the molecule is COc1ccccc1N1C(=O)S/C(=C\c2cc(Cl)c(OCc3cccc(F)c3)c(Cl)c2)C1=O. The number of hydrogen-bond donors (Lipinski definition) is 0. The Morgan fingerprint density at radius 3 is 2.45 bits per heavy atom. The molecule has 5 nitrogen and oxygen atoms in total. The summed E-state index contributed by atoms with van der Waals surface area (Å²) in [7, 11) is 1.47. The summed E-state index contributed by atoms with van der Waals surface area (Å²) in [5.74, 6) is -0.201.